The molecule has 0 amide bonds. The van der Waals surface area contributed by atoms with Gasteiger partial charge in [0, 0.05) is 20.3 Å². The molecule has 21 heavy (non-hydrogen) atoms. The van der Waals surface area contributed by atoms with Gasteiger partial charge in [0.05, 0.1) is 21.3 Å². The van der Waals surface area contributed by atoms with E-state index in [0.29, 0.717) is 32.3 Å². The van der Waals surface area contributed by atoms with Crippen LogP contribution >= 0.6 is 0 Å². The fourth-order valence-electron chi connectivity index (χ4n) is 1.49. The van der Waals surface area contributed by atoms with E-state index in [1.807, 2.05) is 0 Å². The van der Waals surface area contributed by atoms with E-state index in [1.165, 1.54) is 0 Å². The molecule has 8 heteroatoms. The Morgan fingerprint density at radius 1 is 0.762 bits per heavy atom. The smallest absolute Gasteiger partial charge is 0.322 e. The summed E-state index contributed by atoms with van der Waals surface area (Å²) in [6.07, 6.45) is 0. The first-order valence-electron chi connectivity index (χ1n) is 6.93. The van der Waals surface area contributed by atoms with Crippen LogP contribution in [0.4, 0.5) is 0 Å². The fraction of sp³-hybridized carbons (Fsp3) is 0.769. The van der Waals surface area contributed by atoms with Crippen LogP contribution in [0.25, 0.3) is 0 Å². The zero-order valence-electron chi connectivity index (χ0n) is 13.5. The van der Waals surface area contributed by atoms with Gasteiger partial charge in [0.25, 0.3) is 0 Å². The quantitative estimate of drug-likeness (QED) is 0.476. The molecule has 0 fully saturated rings. The molecule has 1 heterocycles. The van der Waals surface area contributed by atoms with Crippen LogP contribution in [0.2, 0.25) is 19.6 Å². The molecule has 0 atom stereocenters. The molecule has 0 aliphatic rings. The summed E-state index contributed by atoms with van der Waals surface area (Å²) < 4.78 is 20.8. The SMILES string of the molecule is COCCOc1nc(C[Si](C)(C)C)nc(OCCOC)n1. The second kappa shape index (κ2) is 8.91. The molecule has 1 rings (SSSR count). The predicted octanol–water partition coefficient (Wildman–Crippen LogP) is 1.34. The number of rotatable bonds is 10. The molecule has 0 N–H and O–H groups in total. The zero-order valence-corrected chi connectivity index (χ0v) is 14.5. The standard InChI is InChI=1S/C13H25N3O4Si/c1-17-6-8-19-12-14-11(10-21(3,4)5)15-13(16-12)20-9-7-18-2/h6-10H2,1-5H3. The topological polar surface area (TPSA) is 75.6 Å². The van der Waals surface area contributed by atoms with Crippen molar-refractivity contribution < 1.29 is 18.9 Å². The van der Waals surface area contributed by atoms with Gasteiger partial charge < -0.3 is 18.9 Å². The van der Waals surface area contributed by atoms with Crippen LogP contribution in [0.1, 0.15) is 5.82 Å². The molecule has 7 nitrogen and oxygen atoms in total. The first-order valence-corrected chi connectivity index (χ1v) is 10.6. The minimum atomic E-state index is -1.33. The van der Waals surface area contributed by atoms with Crippen molar-refractivity contribution in [2.75, 3.05) is 40.6 Å². The summed E-state index contributed by atoms with van der Waals surface area (Å²) >= 11 is 0. The summed E-state index contributed by atoms with van der Waals surface area (Å²) in [7, 11) is 1.90. The Balaban J connectivity index is 2.79. The highest BCUT2D eigenvalue weighted by Crippen LogP contribution is 2.14. The van der Waals surface area contributed by atoms with Gasteiger partial charge in [-0.25, -0.2) is 0 Å². The van der Waals surface area contributed by atoms with E-state index in [1.54, 1.807) is 14.2 Å². The number of nitrogens with zero attached hydrogens (tertiary/aromatic N) is 3. The number of aromatic nitrogens is 3. The van der Waals surface area contributed by atoms with Gasteiger partial charge in [-0.05, 0) is 0 Å². The van der Waals surface area contributed by atoms with Gasteiger partial charge in [-0.1, -0.05) is 19.6 Å². The van der Waals surface area contributed by atoms with E-state index in [-0.39, 0.29) is 12.0 Å². The molecule has 0 radical (unpaired) electrons. The second-order valence-corrected chi connectivity index (χ2v) is 11.2. The van der Waals surface area contributed by atoms with Crippen molar-refractivity contribution in [1.29, 1.82) is 0 Å². The molecule has 0 saturated heterocycles. The highest BCUT2D eigenvalue weighted by atomic mass is 28.3. The van der Waals surface area contributed by atoms with Gasteiger partial charge in [-0.15, -0.1) is 4.98 Å². The highest BCUT2D eigenvalue weighted by molar-refractivity contribution is 6.75. The maximum Gasteiger partial charge on any atom is 0.322 e. The number of ether oxygens (including phenoxy) is 4. The molecular formula is C13H25N3O4Si. The summed E-state index contributed by atoms with van der Waals surface area (Å²) in [6, 6.07) is 1.40. The van der Waals surface area contributed by atoms with Crippen molar-refractivity contribution in [1.82, 2.24) is 15.0 Å². The zero-order chi connectivity index (χ0) is 15.7. The first kappa shape index (κ1) is 17.8. The van der Waals surface area contributed by atoms with E-state index in [4.69, 9.17) is 18.9 Å². The normalized spacial score (nSPS) is 11.5. The molecule has 0 bridgehead atoms. The molecule has 0 unspecified atom stereocenters. The molecular weight excluding hydrogens is 290 g/mol. The van der Waals surface area contributed by atoms with Crippen LogP contribution in [0.15, 0.2) is 0 Å². The van der Waals surface area contributed by atoms with Crippen LogP contribution in [0, 0.1) is 0 Å². The van der Waals surface area contributed by atoms with Crippen LogP contribution in [-0.4, -0.2) is 63.7 Å². The number of hydrogen-bond acceptors (Lipinski definition) is 7. The predicted molar refractivity (Wildman–Crippen MR) is 81.6 cm³/mol. The van der Waals surface area contributed by atoms with Crippen LogP contribution in [0.3, 0.4) is 0 Å². The Bertz CT molecular complexity index is 398. The minimum absolute atomic E-state index is 0.280. The summed E-state index contributed by atoms with van der Waals surface area (Å²) in [5.74, 6) is 0.712. The lowest BCUT2D eigenvalue weighted by atomic mass is 10.7. The molecule has 0 aromatic carbocycles. The van der Waals surface area contributed by atoms with Gasteiger partial charge in [-0.2, -0.15) is 9.97 Å². The summed E-state index contributed by atoms with van der Waals surface area (Å²) in [5.41, 5.74) is 0. The molecule has 0 aliphatic heterocycles. The Morgan fingerprint density at radius 2 is 1.24 bits per heavy atom. The maximum atomic E-state index is 5.47. The average Bonchev–Trinajstić information content (AvgIpc) is 2.37. The Hall–Kier alpha value is -1.25. The Kier molecular flexibility index (Phi) is 7.55. The second-order valence-electron chi connectivity index (χ2n) is 5.74. The lowest BCUT2D eigenvalue weighted by Crippen LogP contribution is -2.26. The Labute approximate surface area is 127 Å². The van der Waals surface area contributed by atoms with Crippen molar-refractivity contribution in [3.8, 4) is 12.0 Å². The van der Waals surface area contributed by atoms with Gasteiger partial charge in [0.15, 0.2) is 0 Å². The summed E-state index contributed by atoms with van der Waals surface area (Å²) in [5, 5.41) is 0. The molecule has 120 valence electrons. The third-order valence-corrected chi connectivity index (χ3v) is 3.74. The van der Waals surface area contributed by atoms with E-state index in [9.17, 15) is 0 Å². The van der Waals surface area contributed by atoms with E-state index >= 15 is 0 Å². The monoisotopic (exact) mass is 315 g/mol. The van der Waals surface area contributed by atoms with Crippen molar-refractivity contribution >= 4 is 8.07 Å². The van der Waals surface area contributed by atoms with E-state index in [0.717, 1.165) is 6.04 Å². The molecule has 0 saturated carbocycles. The van der Waals surface area contributed by atoms with Gasteiger partial charge in [0.2, 0.25) is 0 Å². The van der Waals surface area contributed by atoms with Crippen LogP contribution in [0.5, 0.6) is 12.0 Å². The lowest BCUT2D eigenvalue weighted by molar-refractivity contribution is 0.132. The summed E-state index contributed by atoms with van der Waals surface area (Å²) in [6.45, 7) is 8.52. The third-order valence-electron chi connectivity index (χ3n) is 2.37. The Morgan fingerprint density at radius 3 is 1.62 bits per heavy atom. The van der Waals surface area contributed by atoms with Gasteiger partial charge in [-0.3, -0.25) is 0 Å². The molecule has 1 aromatic rings. The van der Waals surface area contributed by atoms with E-state index in [2.05, 4.69) is 34.6 Å². The number of methoxy groups -OCH3 is 2. The first-order chi connectivity index (χ1) is 9.94. The molecule has 1 aromatic heterocycles. The molecule has 0 aliphatic carbocycles. The number of hydrogen-bond donors (Lipinski definition) is 0. The highest BCUT2D eigenvalue weighted by Gasteiger charge is 2.18. The van der Waals surface area contributed by atoms with Crippen molar-refractivity contribution in [3.63, 3.8) is 0 Å². The maximum absolute atomic E-state index is 5.47. The third kappa shape index (κ3) is 7.93. The van der Waals surface area contributed by atoms with Crippen LogP contribution in [-0.2, 0) is 15.5 Å². The van der Waals surface area contributed by atoms with Crippen LogP contribution < -0.4 is 9.47 Å². The van der Waals surface area contributed by atoms with Crippen molar-refractivity contribution in [3.05, 3.63) is 5.82 Å². The van der Waals surface area contributed by atoms with Gasteiger partial charge >= 0.3 is 12.0 Å². The molecule has 0 spiro atoms. The van der Waals surface area contributed by atoms with E-state index < -0.39 is 8.07 Å². The minimum Gasteiger partial charge on any atom is -0.461 e. The van der Waals surface area contributed by atoms with Crippen molar-refractivity contribution in [2.24, 2.45) is 0 Å². The lowest BCUT2D eigenvalue weighted by Gasteiger charge is -2.15. The summed E-state index contributed by atoms with van der Waals surface area (Å²) in [4.78, 5) is 12.8. The fourth-order valence-corrected chi connectivity index (χ4v) is 2.60. The van der Waals surface area contributed by atoms with Crippen molar-refractivity contribution in [2.45, 2.75) is 25.7 Å². The largest absolute Gasteiger partial charge is 0.461 e. The van der Waals surface area contributed by atoms with Gasteiger partial charge in [0.1, 0.15) is 19.0 Å². The average molecular weight is 315 g/mol.